The summed E-state index contributed by atoms with van der Waals surface area (Å²) in [6.07, 6.45) is 2.49. The van der Waals surface area contributed by atoms with E-state index in [0.717, 1.165) is 23.2 Å². The minimum absolute atomic E-state index is 0.244. The molecule has 0 bridgehead atoms. The van der Waals surface area contributed by atoms with E-state index in [1.807, 2.05) is 0 Å². The fourth-order valence-corrected chi connectivity index (χ4v) is 2.95. The molecule has 1 fully saturated rings. The number of hydrogen-bond donors (Lipinski definition) is 0. The quantitative estimate of drug-likeness (QED) is 0.621. The van der Waals surface area contributed by atoms with Crippen molar-refractivity contribution in [2.75, 3.05) is 25.4 Å². The zero-order valence-corrected chi connectivity index (χ0v) is 11.7. The molecule has 0 unspecified atom stereocenters. The van der Waals surface area contributed by atoms with Gasteiger partial charge >= 0.3 is 0 Å². The normalized spacial score (nSPS) is 14.8. The van der Waals surface area contributed by atoms with Gasteiger partial charge in [-0.05, 0) is 37.1 Å². The summed E-state index contributed by atoms with van der Waals surface area (Å²) >= 11 is 7.00. The number of ether oxygens (including phenoxy) is 1. The van der Waals surface area contributed by atoms with Crippen LogP contribution < -0.4 is 4.74 Å². The molecule has 0 atom stereocenters. The van der Waals surface area contributed by atoms with Gasteiger partial charge in [0, 0.05) is 18.8 Å². The molecule has 1 aliphatic rings. The van der Waals surface area contributed by atoms with Gasteiger partial charge in [-0.2, -0.15) is 0 Å². The molecule has 0 amide bonds. The lowest BCUT2D eigenvalue weighted by Crippen LogP contribution is -2.24. The highest BCUT2D eigenvalue weighted by atomic mass is 32.2. The lowest BCUT2D eigenvalue weighted by molar-refractivity contribution is 0.343. The molecule has 1 heterocycles. The second-order valence-electron chi connectivity index (χ2n) is 4.11. The van der Waals surface area contributed by atoms with Gasteiger partial charge in [-0.15, -0.1) is 0 Å². The van der Waals surface area contributed by atoms with Crippen LogP contribution in [0.1, 0.15) is 12.8 Å². The Bertz CT molecular complexity index is 390. The maximum Gasteiger partial charge on any atom is 0.136 e. The Labute approximate surface area is 117 Å². The summed E-state index contributed by atoms with van der Waals surface area (Å²) in [5, 5.41) is 0. The number of thiocarbonyl (C=S) groups is 1. The Balaban J connectivity index is 1.63. The van der Waals surface area contributed by atoms with Crippen molar-refractivity contribution in [1.82, 2.24) is 4.90 Å². The van der Waals surface area contributed by atoms with Crippen LogP contribution in [0.3, 0.4) is 0 Å². The highest BCUT2D eigenvalue weighted by Crippen LogP contribution is 2.17. The zero-order valence-electron chi connectivity index (χ0n) is 10.1. The highest BCUT2D eigenvalue weighted by molar-refractivity contribution is 8.22. The molecular formula is C13H16FNOS2. The van der Waals surface area contributed by atoms with Crippen molar-refractivity contribution >= 4 is 28.3 Å². The van der Waals surface area contributed by atoms with Gasteiger partial charge in [0.2, 0.25) is 0 Å². The standard InChI is InChI=1S/C13H16FNOS2/c14-11-3-5-12(6-4-11)16-9-10-18-13(17)15-7-1-2-8-15/h3-6H,1-2,7-10H2. The lowest BCUT2D eigenvalue weighted by atomic mass is 10.3. The van der Waals surface area contributed by atoms with E-state index in [1.54, 1.807) is 23.9 Å². The van der Waals surface area contributed by atoms with Gasteiger partial charge in [-0.25, -0.2) is 4.39 Å². The van der Waals surface area contributed by atoms with Crippen molar-refractivity contribution in [3.63, 3.8) is 0 Å². The number of rotatable bonds is 4. The second kappa shape index (κ2) is 6.95. The molecule has 0 aromatic heterocycles. The average Bonchev–Trinajstić information content (AvgIpc) is 2.90. The molecule has 1 saturated heterocycles. The number of hydrogen-bond acceptors (Lipinski definition) is 3. The molecule has 1 aromatic rings. The minimum Gasteiger partial charge on any atom is -0.493 e. The third-order valence-corrected chi connectivity index (χ3v) is 4.24. The fraction of sp³-hybridized carbons (Fsp3) is 0.462. The largest absolute Gasteiger partial charge is 0.493 e. The second-order valence-corrected chi connectivity index (χ2v) is 5.84. The Hall–Kier alpha value is -0.810. The smallest absolute Gasteiger partial charge is 0.136 e. The first kappa shape index (κ1) is 13.6. The third-order valence-electron chi connectivity index (χ3n) is 2.76. The summed E-state index contributed by atoms with van der Waals surface area (Å²) in [6, 6.07) is 6.08. The van der Waals surface area contributed by atoms with Gasteiger partial charge in [0.25, 0.3) is 0 Å². The van der Waals surface area contributed by atoms with Gasteiger partial charge in [-0.3, -0.25) is 0 Å². The van der Waals surface area contributed by atoms with E-state index in [2.05, 4.69) is 4.90 Å². The monoisotopic (exact) mass is 285 g/mol. The molecule has 5 heteroatoms. The van der Waals surface area contributed by atoms with Crippen LogP contribution in [0.4, 0.5) is 4.39 Å². The van der Waals surface area contributed by atoms with E-state index in [9.17, 15) is 4.39 Å². The summed E-state index contributed by atoms with van der Waals surface area (Å²) in [5.74, 6) is 1.28. The topological polar surface area (TPSA) is 12.5 Å². The van der Waals surface area contributed by atoms with Gasteiger partial charge < -0.3 is 9.64 Å². The van der Waals surface area contributed by atoms with Crippen molar-refractivity contribution in [3.05, 3.63) is 30.1 Å². The van der Waals surface area contributed by atoms with Crippen LogP contribution in [0.2, 0.25) is 0 Å². The van der Waals surface area contributed by atoms with Crippen LogP contribution in [0.25, 0.3) is 0 Å². The van der Waals surface area contributed by atoms with Crippen LogP contribution >= 0.6 is 24.0 Å². The first-order valence-corrected chi connectivity index (χ1v) is 7.45. The van der Waals surface area contributed by atoms with Gasteiger partial charge in [0.15, 0.2) is 0 Å². The lowest BCUT2D eigenvalue weighted by Gasteiger charge is -2.17. The maximum atomic E-state index is 12.7. The first-order chi connectivity index (χ1) is 8.75. The molecule has 0 spiro atoms. The van der Waals surface area contributed by atoms with E-state index < -0.39 is 0 Å². The van der Waals surface area contributed by atoms with Crippen LogP contribution in [-0.2, 0) is 0 Å². The predicted octanol–water partition coefficient (Wildman–Crippen LogP) is 3.32. The Kier molecular flexibility index (Phi) is 5.26. The third kappa shape index (κ3) is 4.14. The summed E-state index contributed by atoms with van der Waals surface area (Å²) in [4.78, 5) is 2.25. The molecule has 98 valence electrons. The number of likely N-dealkylation sites (tertiary alicyclic amines) is 1. The summed E-state index contributed by atoms with van der Waals surface area (Å²) in [5.41, 5.74) is 0. The zero-order chi connectivity index (χ0) is 12.8. The fourth-order valence-electron chi connectivity index (χ4n) is 1.81. The predicted molar refractivity (Wildman–Crippen MR) is 77.8 cm³/mol. The number of halogens is 1. The maximum absolute atomic E-state index is 12.7. The molecule has 1 aliphatic heterocycles. The molecule has 0 radical (unpaired) electrons. The summed E-state index contributed by atoms with van der Waals surface area (Å²) in [6.45, 7) is 2.76. The summed E-state index contributed by atoms with van der Waals surface area (Å²) in [7, 11) is 0. The average molecular weight is 285 g/mol. The molecule has 2 rings (SSSR count). The molecule has 0 N–H and O–H groups in total. The number of thioether (sulfide) groups is 1. The van der Waals surface area contributed by atoms with Crippen LogP contribution in [-0.4, -0.2) is 34.7 Å². The summed E-state index contributed by atoms with van der Waals surface area (Å²) < 4.78 is 19.1. The van der Waals surface area contributed by atoms with Crippen LogP contribution in [0.5, 0.6) is 5.75 Å². The van der Waals surface area contributed by atoms with Crippen molar-refractivity contribution < 1.29 is 9.13 Å². The molecule has 0 saturated carbocycles. The Morgan fingerprint density at radius 3 is 2.61 bits per heavy atom. The Morgan fingerprint density at radius 2 is 1.94 bits per heavy atom. The van der Waals surface area contributed by atoms with Crippen molar-refractivity contribution in [1.29, 1.82) is 0 Å². The number of nitrogens with zero attached hydrogens (tertiary/aromatic N) is 1. The van der Waals surface area contributed by atoms with E-state index in [0.29, 0.717) is 12.4 Å². The molecule has 18 heavy (non-hydrogen) atoms. The number of benzene rings is 1. The molecule has 0 aliphatic carbocycles. The van der Waals surface area contributed by atoms with Gasteiger partial charge in [0.05, 0.1) is 6.61 Å². The van der Waals surface area contributed by atoms with Crippen LogP contribution in [0.15, 0.2) is 24.3 Å². The molecule has 1 aromatic carbocycles. The van der Waals surface area contributed by atoms with Crippen molar-refractivity contribution in [3.8, 4) is 5.75 Å². The van der Waals surface area contributed by atoms with Gasteiger partial charge in [0.1, 0.15) is 15.9 Å². The van der Waals surface area contributed by atoms with E-state index in [1.165, 1.54) is 25.0 Å². The van der Waals surface area contributed by atoms with Gasteiger partial charge in [-0.1, -0.05) is 24.0 Å². The van der Waals surface area contributed by atoms with E-state index in [4.69, 9.17) is 17.0 Å². The van der Waals surface area contributed by atoms with Crippen molar-refractivity contribution in [2.24, 2.45) is 0 Å². The Morgan fingerprint density at radius 1 is 1.28 bits per heavy atom. The van der Waals surface area contributed by atoms with Crippen molar-refractivity contribution in [2.45, 2.75) is 12.8 Å². The highest BCUT2D eigenvalue weighted by Gasteiger charge is 2.14. The molecular weight excluding hydrogens is 269 g/mol. The minimum atomic E-state index is -0.244. The molecule has 2 nitrogen and oxygen atoms in total. The van der Waals surface area contributed by atoms with Crippen LogP contribution in [0, 0.1) is 5.82 Å². The van der Waals surface area contributed by atoms with E-state index in [-0.39, 0.29) is 5.82 Å². The first-order valence-electron chi connectivity index (χ1n) is 6.06. The van der Waals surface area contributed by atoms with E-state index >= 15 is 0 Å². The SMILES string of the molecule is Fc1ccc(OCCSC(=S)N2CCCC2)cc1.